The van der Waals surface area contributed by atoms with Crippen LogP contribution in [0.1, 0.15) is 92.8 Å². The van der Waals surface area contributed by atoms with E-state index in [9.17, 15) is 19.2 Å². The summed E-state index contributed by atoms with van der Waals surface area (Å²) < 4.78 is 14.1. The molecule has 4 aliphatic heterocycles. The van der Waals surface area contributed by atoms with E-state index < -0.39 is 0 Å². The van der Waals surface area contributed by atoms with Gasteiger partial charge in [-0.25, -0.2) is 24.9 Å². The van der Waals surface area contributed by atoms with Crippen molar-refractivity contribution in [3.8, 4) is 45.0 Å². The standard InChI is InChI=1S/C24H26N6O.2C23H23N5O.C22H21N5O/c1-15(2)28-7-5-18(6-8-28)21-14-30-23(11-25-21)27-20(10-24(30)31)19-9-22-17(4)26-16(3)12-29(22)13-19;1-3-26-10-8-17(9-11-26)18-4-7-22-25-20(12-23(29)28(22)15-18)19-5-6-21-24-16(2)13-27(21)14-19;1-3-27-10-8-16(9-11-27)18-5-7-22-24-21(13-23(29)28(22)15-18)17-4-6-20-19(12-17)14-26(2)25-20;1-25-9-7-15(8-10-25)17-4-6-21-23-20(12-22(28)27(21)14-17)16-3-5-19-18(11-16)13-26(2)24-19/h5,9-15H,6-8H2,1-4H3;2*4-8,12-15H,3,9-11H2,1-2H3;3-7,11-14H,8-10H2,1-2H3. The maximum Gasteiger partial charge on any atom is 0.258 e. The molecule has 0 aliphatic carbocycles. The van der Waals surface area contributed by atoms with Crippen molar-refractivity contribution >= 4 is 77.9 Å². The number of likely N-dealkylation sites (N-methyl/N-ethyl adjacent to an activating group) is 3. The van der Waals surface area contributed by atoms with E-state index in [0.717, 1.165) is 186 Å². The second-order valence-electron chi connectivity index (χ2n) is 31.1. The van der Waals surface area contributed by atoms with Crippen LogP contribution in [-0.4, -0.2) is 179 Å². The van der Waals surface area contributed by atoms with Gasteiger partial charge in [-0.2, -0.15) is 10.2 Å². The molecule has 0 bridgehead atoms. The summed E-state index contributed by atoms with van der Waals surface area (Å²) in [5, 5.41) is 10.9. The first-order valence-corrected chi connectivity index (χ1v) is 40.1. The third-order valence-electron chi connectivity index (χ3n) is 22.7. The third kappa shape index (κ3) is 16.3. The number of hydrogen-bond donors (Lipinski definition) is 0. The van der Waals surface area contributed by atoms with Crippen LogP contribution in [0.3, 0.4) is 0 Å². The van der Waals surface area contributed by atoms with Crippen molar-refractivity contribution in [2.75, 3.05) is 72.5 Å². The van der Waals surface area contributed by atoms with Crippen molar-refractivity contribution in [3.63, 3.8) is 0 Å². The van der Waals surface area contributed by atoms with Crippen LogP contribution < -0.4 is 22.2 Å². The number of pyridine rings is 4. The van der Waals surface area contributed by atoms with Gasteiger partial charge >= 0.3 is 0 Å². The highest BCUT2D eigenvalue weighted by Crippen LogP contribution is 2.31. The lowest BCUT2D eigenvalue weighted by molar-refractivity contribution is 0.245. The summed E-state index contributed by atoms with van der Waals surface area (Å²) in [6.07, 6.45) is 34.0. The summed E-state index contributed by atoms with van der Waals surface area (Å²) in [6, 6.07) is 36.8. The van der Waals surface area contributed by atoms with Gasteiger partial charge in [0.2, 0.25) is 0 Å². The number of aryl methyl sites for hydroxylation is 5. The Kier molecular flexibility index (Phi) is 21.1. The van der Waals surface area contributed by atoms with Crippen molar-refractivity contribution in [2.45, 2.75) is 80.2 Å². The molecule has 16 aromatic rings. The Bertz CT molecular complexity index is 6770. The SMILES string of the molecule is CCN1CC=C(c2ccc3nc(-c4ccc5nc(C)cn5c4)cc(=O)n3c2)CC1.CCN1CC=C(c2ccc3nc(-c4ccc5nn(C)cc5c4)cc(=O)n3c2)CC1.CN1CC=C(c2ccc3nc(-c4ccc5nn(C)cc5c4)cc(=O)n3c2)CC1.Cc1cn2cc(-c3cc(=O)n4cc(C5=CCN(C(C)C)CC5)ncc4n3)cc2c(C)n1. The Morgan fingerprint density at radius 3 is 1.29 bits per heavy atom. The lowest BCUT2D eigenvalue weighted by Gasteiger charge is -2.29. The fraction of sp³-hybridized carbons (Fsp3) is 0.272. The minimum absolute atomic E-state index is 0.0651. The molecule has 0 fully saturated rings. The number of hydrogen-bond acceptors (Lipinski definition) is 17. The zero-order valence-electron chi connectivity index (χ0n) is 67.6. The number of aromatic nitrogens is 17. The normalized spacial score (nSPS) is 15.2. The zero-order chi connectivity index (χ0) is 80.9. The average Bonchev–Trinajstić information content (AvgIpc) is 1.74. The van der Waals surface area contributed by atoms with Gasteiger partial charge in [-0.1, -0.05) is 50.3 Å². The van der Waals surface area contributed by atoms with Crippen LogP contribution in [0.5, 0.6) is 0 Å². The van der Waals surface area contributed by atoms with E-state index >= 15 is 0 Å². The zero-order valence-corrected chi connectivity index (χ0v) is 67.6. The van der Waals surface area contributed by atoms with E-state index in [0.29, 0.717) is 51.4 Å². The van der Waals surface area contributed by atoms with Crippen molar-refractivity contribution in [2.24, 2.45) is 14.1 Å². The molecule has 18 heterocycles. The fourth-order valence-electron chi connectivity index (χ4n) is 16.0. The van der Waals surface area contributed by atoms with Gasteiger partial charge in [0.15, 0.2) is 5.65 Å². The smallest absolute Gasteiger partial charge is 0.258 e. The van der Waals surface area contributed by atoms with Crippen molar-refractivity contribution < 1.29 is 0 Å². The molecule has 590 valence electrons. The maximum absolute atomic E-state index is 12.9. The molecule has 117 heavy (non-hydrogen) atoms. The van der Waals surface area contributed by atoms with Gasteiger partial charge in [-0.05, 0) is 198 Å². The molecule has 14 aromatic heterocycles. The summed E-state index contributed by atoms with van der Waals surface area (Å²) in [5.74, 6) is 0. The maximum atomic E-state index is 12.9. The molecule has 0 amide bonds. The molecule has 0 spiro atoms. The minimum atomic E-state index is -0.106. The molecular formula is C92H93N21O4. The van der Waals surface area contributed by atoms with Gasteiger partial charge in [0.1, 0.15) is 22.6 Å². The molecule has 4 aliphatic rings. The highest BCUT2D eigenvalue weighted by molar-refractivity contribution is 5.85. The van der Waals surface area contributed by atoms with Crippen LogP contribution in [0.2, 0.25) is 0 Å². The first-order valence-electron chi connectivity index (χ1n) is 40.1. The first kappa shape index (κ1) is 76.6. The highest BCUT2D eigenvalue weighted by atomic mass is 16.1. The first-order chi connectivity index (χ1) is 56.7. The number of nitrogens with zero attached hydrogens (tertiary/aromatic N) is 21. The van der Waals surface area contributed by atoms with E-state index in [1.807, 2.05) is 178 Å². The lowest BCUT2D eigenvalue weighted by Crippen LogP contribution is -2.34. The Hall–Kier alpha value is -13.1. The molecule has 0 atom stereocenters. The summed E-state index contributed by atoms with van der Waals surface area (Å²) >= 11 is 0. The van der Waals surface area contributed by atoms with Gasteiger partial charge in [0, 0.05) is 192 Å². The molecule has 0 radical (unpaired) electrons. The monoisotopic (exact) mass is 1560 g/mol. The largest absolute Gasteiger partial charge is 0.320 e. The third-order valence-corrected chi connectivity index (χ3v) is 22.7. The Balaban J connectivity index is 0.000000112. The quantitative estimate of drug-likeness (QED) is 0.117. The molecule has 0 N–H and O–H groups in total. The molecule has 20 rings (SSSR count). The molecular weight excluding hydrogens is 1460 g/mol. The van der Waals surface area contributed by atoms with E-state index in [2.05, 4.69) is 122 Å². The molecule has 25 nitrogen and oxygen atoms in total. The fourth-order valence-corrected chi connectivity index (χ4v) is 16.0. The molecule has 2 aromatic carbocycles. The van der Waals surface area contributed by atoms with E-state index in [1.165, 1.54) is 22.3 Å². The number of benzene rings is 2. The average molecular weight is 1560 g/mol. The summed E-state index contributed by atoms with van der Waals surface area (Å²) in [5.41, 5.74) is 24.4. The second-order valence-corrected chi connectivity index (χ2v) is 31.1. The Morgan fingerprint density at radius 2 is 0.803 bits per heavy atom. The molecule has 0 saturated carbocycles. The summed E-state index contributed by atoms with van der Waals surface area (Å²) in [7, 11) is 5.92. The Labute approximate surface area is 675 Å². The number of rotatable bonds is 11. The van der Waals surface area contributed by atoms with E-state index in [4.69, 9.17) is 19.9 Å². The van der Waals surface area contributed by atoms with Crippen LogP contribution in [0.25, 0.3) is 123 Å². The van der Waals surface area contributed by atoms with Gasteiger partial charge in [-0.3, -0.25) is 70.8 Å². The lowest BCUT2D eigenvalue weighted by atomic mass is 10.0. The van der Waals surface area contributed by atoms with Crippen LogP contribution in [-0.2, 0) is 14.1 Å². The second kappa shape index (κ2) is 32.3. The van der Waals surface area contributed by atoms with Crippen LogP contribution in [0, 0.1) is 20.8 Å². The van der Waals surface area contributed by atoms with Crippen LogP contribution in [0.15, 0.2) is 227 Å². The summed E-state index contributed by atoms with van der Waals surface area (Å²) in [6.45, 7) is 24.8. The topological polar surface area (TPSA) is 234 Å². The van der Waals surface area contributed by atoms with Crippen molar-refractivity contribution in [1.82, 2.24) is 100 Å². The van der Waals surface area contributed by atoms with Crippen LogP contribution >= 0.6 is 0 Å². The van der Waals surface area contributed by atoms with E-state index in [-0.39, 0.29) is 22.2 Å². The van der Waals surface area contributed by atoms with Crippen molar-refractivity contribution in [3.05, 3.63) is 289 Å². The Morgan fingerprint density at radius 1 is 0.368 bits per heavy atom. The van der Waals surface area contributed by atoms with Gasteiger partial charge in [-0.15, -0.1) is 0 Å². The number of imidazole rings is 1. The predicted octanol–water partition coefficient (Wildman–Crippen LogP) is 13.3. The summed E-state index contributed by atoms with van der Waals surface area (Å²) in [4.78, 5) is 93.5. The molecule has 0 saturated heterocycles. The van der Waals surface area contributed by atoms with Crippen molar-refractivity contribution in [1.29, 1.82) is 0 Å². The molecule has 25 heteroatoms. The molecule has 0 unspecified atom stereocenters. The number of fused-ring (bicyclic) bond motifs is 8. The minimum Gasteiger partial charge on any atom is -0.320 e. The van der Waals surface area contributed by atoms with Gasteiger partial charge in [0.25, 0.3) is 22.2 Å². The highest BCUT2D eigenvalue weighted by Gasteiger charge is 2.21. The predicted molar refractivity (Wildman–Crippen MR) is 464 cm³/mol. The van der Waals surface area contributed by atoms with Crippen LogP contribution in [0.4, 0.5) is 0 Å². The van der Waals surface area contributed by atoms with Gasteiger partial charge in [0.05, 0.1) is 68.3 Å². The van der Waals surface area contributed by atoms with E-state index in [1.54, 1.807) is 57.4 Å². The van der Waals surface area contributed by atoms with Gasteiger partial charge < -0.3 is 13.7 Å².